The van der Waals surface area contributed by atoms with Gasteiger partial charge in [0, 0.05) is 55.0 Å². The summed E-state index contributed by atoms with van der Waals surface area (Å²) in [5.74, 6) is 0.834. The molecule has 1 amide bonds. The summed E-state index contributed by atoms with van der Waals surface area (Å²) in [7, 11) is 0.102. The van der Waals surface area contributed by atoms with Crippen molar-refractivity contribution >= 4 is 33.3 Å². The average molecular weight is 620 g/mol. The number of nitrogens with one attached hydrogen (secondary N) is 2. The molecule has 0 atom stereocenters. The van der Waals surface area contributed by atoms with Gasteiger partial charge in [-0.05, 0) is 80.7 Å². The molecule has 0 unspecified atom stereocenters. The third-order valence-electron chi connectivity index (χ3n) is 6.75. The number of hydrogen-bond acceptors (Lipinski definition) is 10. The minimum absolute atomic E-state index is 0.177. The number of methoxy groups -OCH3 is 1. The topological polar surface area (TPSA) is 150 Å². The van der Waals surface area contributed by atoms with Crippen molar-refractivity contribution in [3.8, 4) is 17.0 Å². The van der Waals surface area contributed by atoms with Crippen molar-refractivity contribution in [3.05, 3.63) is 90.4 Å². The molecule has 0 spiro atoms. The maximum Gasteiger partial charge on any atom is 0.261 e. The van der Waals surface area contributed by atoms with Crippen LogP contribution in [-0.2, 0) is 16.7 Å². The minimum Gasteiger partial charge on any atom is -0.495 e. The van der Waals surface area contributed by atoms with Crippen LogP contribution in [0, 0.1) is 0 Å². The zero-order valence-corrected chi connectivity index (χ0v) is 25.8. The van der Waals surface area contributed by atoms with Crippen LogP contribution in [0.25, 0.3) is 11.3 Å². The van der Waals surface area contributed by atoms with E-state index in [2.05, 4.69) is 42.4 Å². The number of benzene rings is 2. The second-order valence-corrected chi connectivity index (χ2v) is 11.8. The first kappa shape index (κ1) is 32.5. The lowest BCUT2D eigenvalue weighted by molar-refractivity contribution is 0.102. The fourth-order valence-corrected chi connectivity index (χ4v) is 4.58. The van der Waals surface area contributed by atoms with Gasteiger partial charge in [0.1, 0.15) is 5.75 Å². The normalized spacial score (nSPS) is 14.1. The van der Waals surface area contributed by atoms with Crippen LogP contribution in [0.15, 0.2) is 79.3 Å². The highest BCUT2D eigenvalue weighted by Gasteiger charge is 2.14. The SMILES string of the molecule is COc1ccc(NC(=O)c2ccc(CN3CCCN(C)CC3)cc2)cc1Nc1nccc(-c2cccnc2)n1.CS(=O)(=O)O. The Morgan fingerprint density at radius 3 is 2.50 bits per heavy atom. The predicted molar refractivity (Wildman–Crippen MR) is 171 cm³/mol. The first-order valence-electron chi connectivity index (χ1n) is 14.0. The number of hydrogen-bond donors (Lipinski definition) is 3. The van der Waals surface area contributed by atoms with Gasteiger partial charge >= 0.3 is 0 Å². The molecule has 1 fully saturated rings. The molecule has 2 aromatic heterocycles. The van der Waals surface area contributed by atoms with Crippen LogP contribution in [0.2, 0.25) is 0 Å². The number of aromatic nitrogens is 3. The maximum absolute atomic E-state index is 13.0. The summed E-state index contributed by atoms with van der Waals surface area (Å²) in [5.41, 5.74) is 4.71. The monoisotopic (exact) mass is 619 g/mol. The number of anilines is 3. The molecule has 44 heavy (non-hydrogen) atoms. The van der Waals surface area contributed by atoms with Gasteiger partial charge in [0.05, 0.1) is 24.7 Å². The first-order chi connectivity index (χ1) is 21.1. The van der Waals surface area contributed by atoms with Crippen molar-refractivity contribution in [3.63, 3.8) is 0 Å². The van der Waals surface area contributed by atoms with Crippen LogP contribution in [0.3, 0.4) is 0 Å². The number of carbonyl (C=O) groups is 1. The van der Waals surface area contributed by atoms with Crippen LogP contribution >= 0.6 is 0 Å². The Bertz CT molecular complexity index is 1630. The average Bonchev–Trinajstić information content (AvgIpc) is 3.21. The molecule has 1 aliphatic heterocycles. The van der Waals surface area contributed by atoms with Gasteiger partial charge in [0.15, 0.2) is 0 Å². The van der Waals surface area contributed by atoms with Crippen molar-refractivity contribution in [1.29, 1.82) is 0 Å². The summed E-state index contributed by atoms with van der Waals surface area (Å²) in [5, 5.41) is 6.20. The van der Waals surface area contributed by atoms with E-state index in [1.54, 1.807) is 37.8 Å². The van der Waals surface area contributed by atoms with E-state index in [0.29, 0.717) is 34.9 Å². The highest BCUT2D eigenvalue weighted by Crippen LogP contribution is 2.30. The molecule has 3 heterocycles. The van der Waals surface area contributed by atoms with Crippen LogP contribution in [0.5, 0.6) is 5.75 Å². The van der Waals surface area contributed by atoms with Crippen molar-refractivity contribution in [1.82, 2.24) is 24.8 Å². The lowest BCUT2D eigenvalue weighted by atomic mass is 10.1. The molecule has 0 aliphatic carbocycles. The largest absolute Gasteiger partial charge is 0.495 e. The molecular formula is C31H37N7O5S. The number of carbonyl (C=O) groups excluding carboxylic acids is 1. The molecule has 1 aliphatic rings. The number of ether oxygens (including phenoxy) is 1. The Hall–Kier alpha value is -4.43. The highest BCUT2D eigenvalue weighted by molar-refractivity contribution is 7.85. The predicted octanol–water partition coefficient (Wildman–Crippen LogP) is 4.18. The van der Waals surface area contributed by atoms with Gasteiger partial charge in [0.2, 0.25) is 5.95 Å². The zero-order chi connectivity index (χ0) is 31.5. The van der Waals surface area contributed by atoms with E-state index < -0.39 is 10.1 Å². The summed E-state index contributed by atoms with van der Waals surface area (Å²) < 4.78 is 31.4. The fourth-order valence-electron chi connectivity index (χ4n) is 4.58. The molecule has 4 aromatic rings. The van der Waals surface area contributed by atoms with Gasteiger partial charge in [-0.25, -0.2) is 9.97 Å². The minimum atomic E-state index is -3.67. The van der Waals surface area contributed by atoms with Gasteiger partial charge in [0.25, 0.3) is 16.0 Å². The summed E-state index contributed by atoms with van der Waals surface area (Å²) in [6.07, 6.45) is 7.05. The molecule has 2 aromatic carbocycles. The standard InChI is InChI=1S/C30H33N7O2.CH4O3S/c1-36-15-4-16-37(18-17-36)21-22-6-8-23(9-7-22)29(38)33-25-10-11-28(39-2)27(19-25)35-30-32-14-12-26(34-30)24-5-3-13-31-20-24;1-5(2,3)4/h3,5-14,19-20H,4,15-18,21H2,1-2H3,(H,33,38)(H,32,34,35);1H3,(H,2,3,4). The molecule has 13 heteroatoms. The third-order valence-corrected chi connectivity index (χ3v) is 6.75. The molecule has 0 radical (unpaired) electrons. The molecule has 12 nitrogen and oxygen atoms in total. The maximum atomic E-state index is 13.0. The van der Waals surface area contributed by atoms with Crippen molar-refractivity contribution in [2.24, 2.45) is 0 Å². The number of pyridine rings is 1. The number of amides is 1. The van der Waals surface area contributed by atoms with E-state index in [0.717, 1.165) is 44.0 Å². The quantitative estimate of drug-likeness (QED) is 0.244. The van der Waals surface area contributed by atoms with Gasteiger partial charge < -0.3 is 20.3 Å². The summed E-state index contributed by atoms with van der Waals surface area (Å²) in [4.78, 5) is 31.0. The molecule has 1 saturated heterocycles. The Labute approximate surface area is 257 Å². The van der Waals surface area contributed by atoms with Crippen LogP contribution in [0.4, 0.5) is 17.3 Å². The summed E-state index contributed by atoms with van der Waals surface area (Å²) in [6.45, 7) is 5.28. The lowest BCUT2D eigenvalue weighted by Gasteiger charge is -2.20. The van der Waals surface area contributed by atoms with E-state index in [1.807, 2.05) is 48.5 Å². The highest BCUT2D eigenvalue weighted by atomic mass is 32.2. The Kier molecular flexibility index (Phi) is 11.3. The Balaban J connectivity index is 0.000000818. The van der Waals surface area contributed by atoms with Crippen molar-refractivity contribution in [2.75, 3.05) is 57.2 Å². The second-order valence-electron chi connectivity index (χ2n) is 10.4. The second kappa shape index (κ2) is 15.3. The van der Waals surface area contributed by atoms with E-state index in [-0.39, 0.29) is 5.91 Å². The smallest absolute Gasteiger partial charge is 0.261 e. The fraction of sp³-hybridized carbons (Fsp3) is 0.290. The zero-order valence-electron chi connectivity index (χ0n) is 25.0. The van der Waals surface area contributed by atoms with Crippen molar-refractivity contribution in [2.45, 2.75) is 13.0 Å². The van der Waals surface area contributed by atoms with Gasteiger partial charge in [-0.15, -0.1) is 0 Å². The number of likely N-dealkylation sites (N-methyl/N-ethyl adjacent to an activating group) is 1. The van der Waals surface area contributed by atoms with E-state index in [1.165, 1.54) is 12.0 Å². The molecule has 232 valence electrons. The van der Waals surface area contributed by atoms with E-state index in [4.69, 9.17) is 9.29 Å². The van der Waals surface area contributed by atoms with Crippen LogP contribution in [-0.4, -0.2) is 90.2 Å². The summed E-state index contributed by atoms with van der Waals surface area (Å²) in [6, 6.07) is 18.9. The lowest BCUT2D eigenvalue weighted by Crippen LogP contribution is -2.28. The molecule has 0 saturated carbocycles. The van der Waals surface area contributed by atoms with Gasteiger partial charge in [-0.1, -0.05) is 12.1 Å². The molecule has 5 rings (SSSR count). The Morgan fingerprint density at radius 2 is 1.80 bits per heavy atom. The molecule has 3 N–H and O–H groups in total. The van der Waals surface area contributed by atoms with Gasteiger partial charge in [-0.3, -0.25) is 19.2 Å². The van der Waals surface area contributed by atoms with Crippen LogP contribution < -0.4 is 15.4 Å². The van der Waals surface area contributed by atoms with Crippen LogP contribution in [0.1, 0.15) is 22.3 Å². The van der Waals surface area contributed by atoms with E-state index in [9.17, 15) is 13.2 Å². The summed E-state index contributed by atoms with van der Waals surface area (Å²) >= 11 is 0. The molecule has 0 bridgehead atoms. The number of nitrogens with zero attached hydrogens (tertiary/aromatic N) is 5. The third kappa shape index (κ3) is 10.4. The first-order valence-corrected chi connectivity index (χ1v) is 15.8. The molecular weight excluding hydrogens is 582 g/mol. The van der Waals surface area contributed by atoms with Crippen molar-refractivity contribution < 1.29 is 22.5 Å². The van der Waals surface area contributed by atoms with Gasteiger partial charge in [-0.2, -0.15) is 8.42 Å². The number of rotatable bonds is 8. The van der Waals surface area contributed by atoms with E-state index >= 15 is 0 Å². The Morgan fingerprint density at radius 1 is 1.02 bits per heavy atom.